The van der Waals surface area contributed by atoms with Gasteiger partial charge in [0.05, 0.1) is 18.5 Å². The van der Waals surface area contributed by atoms with Crippen LogP contribution >= 0.6 is 0 Å². The predicted octanol–water partition coefficient (Wildman–Crippen LogP) is 3.24. The number of aromatic nitrogens is 3. The molecule has 0 unspecified atom stereocenters. The van der Waals surface area contributed by atoms with Crippen molar-refractivity contribution < 1.29 is 9.78 Å². The number of anilines is 2. The summed E-state index contributed by atoms with van der Waals surface area (Å²) in [5, 5.41) is 4.22. The standard InChI is InChI=1S/C21H25N5O/c1-14-4-6-16(7-5-14)25-20(27)21(3)8-10-26(11-9-21)19-17-15(2)12-22-18(17)23-13-24-19/h4-7,12-13H,8-11H2,1-3H3,(H,25,27)(H,22,23,24)/p+1. The van der Waals surface area contributed by atoms with Crippen LogP contribution in [0.3, 0.4) is 0 Å². The summed E-state index contributed by atoms with van der Waals surface area (Å²) in [5.41, 5.74) is 3.76. The molecule has 140 valence electrons. The van der Waals surface area contributed by atoms with Gasteiger partial charge < -0.3 is 10.3 Å². The van der Waals surface area contributed by atoms with Gasteiger partial charge in [0, 0.05) is 11.9 Å². The van der Waals surface area contributed by atoms with Crippen LogP contribution in [0.5, 0.6) is 0 Å². The molecule has 0 atom stereocenters. The number of nitrogens with zero attached hydrogens (tertiary/aromatic N) is 2. The quantitative estimate of drug-likeness (QED) is 0.749. The second kappa shape index (κ2) is 6.68. The maximum Gasteiger partial charge on any atom is 0.234 e. The van der Waals surface area contributed by atoms with Crippen molar-refractivity contribution in [2.45, 2.75) is 33.6 Å². The molecule has 3 aromatic rings. The SMILES string of the molecule is Cc1ccc(NC(=O)C2(C)CCN(c3[nH+]cnc4[nH]cc(C)c34)CC2)cc1. The van der Waals surface area contributed by atoms with Crippen molar-refractivity contribution in [1.82, 2.24) is 9.97 Å². The highest BCUT2D eigenvalue weighted by atomic mass is 16.2. The van der Waals surface area contributed by atoms with E-state index in [0.717, 1.165) is 48.5 Å². The minimum Gasteiger partial charge on any atom is -0.332 e. The Hall–Kier alpha value is -2.89. The topological polar surface area (TPSA) is 75.2 Å². The zero-order valence-corrected chi connectivity index (χ0v) is 16.1. The lowest BCUT2D eigenvalue weighted by atomic mass is 9.79. The van der Waals surface area contributed by atoms with Crippen molar-refractivity contribution in [3.8, 4) is 0 Å². The maximum absolute atomic E-state index is 12.9. The molecule has 1 amide bonds. The average Bonchev–Trinajstić information content (AvgIpc) is 3.06. The van der Waals surface area contributed by atoms with E-state index in [1.54, 1.807) is 6.33 Å². The molecule has 3 heterocycles. The molecule has 0 saturated carbocycles. The Morgan fingerprint density at radius 2 is 1.93 bits per heavy atom. The molecule has 27 heavy (non-hydrogen) atoms. The van der Waals surface area contributed by atoms with Gasteiger partial charge in [0.25, 0.3) is 0 Å². The second-order valence-corrected chi connectivity index (χ2v) is 7.81. The van der Waals surface area contributed by atoms with Crippen LogP contribution in [0.25, 0.3) is 11.0 Å². The largest absolute Gasteiger partial charge is 0.332 e. The number of benzene rings is 1. The molecule has 1 aromatic carbocycles. The molecular weight excluding hydrogens is 338 g/mol. The average molecular weight is 364 g/mol. The van der Waals surface area contributed by atoms with E-state index in [1.807, 2.05) is 37.4 Å². The number of aryl methyl sites for hydroxylation is 2. The summed E-state index contributed by atoms with van der Waals surface area (Å²) in [6.45, 7) is 7.86. The van der Waals surface area contributed by atoms with E-state index in [1.165, 1.54) is 11.1 Å². The van der Waals surface area contributed by atoms with Gasteiger partial charge in [0.1, 0.15) is 5.39 Å². The van der Waals surface area contributed by atoms with Gasteiger partial charge in [-0.2, -0.15) is 0 Å². The monoisotopic (exact) mass is 364 g/mol. The maximum atomic E-state index is 12.9. The molecule has 0 bridgehead atoms. The Morgan fingerprint density at radius 1 is 1.22 bits per heavy atom. The molecule has 6 heteroatoms. The van der Waals surface area contributed by atoms with Crippen LogP contribution in [-0.4, -0.2) is 29.0 Å². The smallest absolute Gasteiger partial charge is 0.234 e. The van der Waals surface area contributed by atoms with E-state index in [4.69, 9.17) is 0 Å². The molecule has 0 aliphatic carbocycles. The van der Waals surface area contributed by atoms with Crippen LogP contribution in [0, 0.1) is 19.3 Å². The number of piperidine rings is 1. The fourth-order valence-electron chi connectivity index (χ4n) is 3.76. The molecule has 3 N–H and O–H groups in total. The Bertz CT molecular complexity index is 968. The van der Waals surface area contributed by atoms with Crippen molar-refractivity contribution in [3.63, 3.8) is 0 Å². The van der Waals surface area contributed by atoms with Crippen LogP contribution in [0.4, 0.5) is 11.5 Å². The summed E-state index contributed by atoms with van der Waals surface area (Å²) >= 11 is 0. The molecule has 1 aliphatic heterocycles. The number of aromatic amines is 2. The highest BCUT2D eigenvalue weighted by Crippen LogP contribution is 2.35. The minimum atomic E-state index is -0.360. The van der Waals surface area contributed by atoms with E-state index in [-0.39, 0.29) is 11.3 Å². The lowest BCUT2D eigenvalue weighted by Crippen LogP contribution is -2.46. The third kappa shape index (κ3) is 3.27. The number of carbonyl (C=O) groups is 1. The van der Waals surface area contributed by atoms with Gasteiger partial charge in [0.15, 0.2) is 0 Å². The lowest BCUT2D eigenvalue weighted by Gasteiger charge is -2.36. The Labute approximate surface area is 159 Å². The molecule has 2 aromatic heterocycles. The van der Waals surface area contributed by atoms with Gasteiger partial charge in [-0.05, 0) is 44.4 Å². The number of amides is 1. The number of hydrogen-bond donors (Lipinski definition) is 2. The first-order valence-electron chi connectivity index (χ1n) is 9.44. The van der Waals surface area contributed by atoms with E-state index in [2.05, 4.69) is 39.0 Å². The molecular formula is C21H26N5O+. The van der Waals surface area contributed by atoms with Gasteiger partial charge in [-0.3, -0.25) is 9.69 Å². The fraction of sp³-hybridized carbons (Fsp3) is 0.381. The summed E-state index contributed by atoms with van der Waals surface area (Å²) in [4.78, 5) is 26.1. The van der Waals surface area contributed by atoms with Gasteiger partial charge in [0.2, 0.25) is 23.7 Å². The van der Waals surface area contributed by atoms with E-state index < -0.39 is 0 Å². The molecule has 0 radical (unpaired) electrons. The third-order valence-corrected chi connectivity index (χ3v) is 5.73. The van der Waals surface area contributed by atoms with Crippen LogP contribution in [0.15, 0.2) is 36.8 Å². The van der Waals surface area contributed by atoms with E-state index >= 15 is 0 Å². The van der Waals surface area contributed by atoms with Crippen LogP contribution in [0.1, 0.15) is 30.9 Å². The minimum absolute atomic E-state index is 0.104. The lowest BCUT2D eigenvalue weighted by molar-refractivity contribution is -0.367. The zero-order chi connectivity index (χ0) is 19.0. The first-order valence-corrected chi connectivity index (χ1v) is 9.44. The molecule has 1 aliphatic rings. The molecule has 1 fully saturated rings. The number of hydrogen-bond acceptors (Lipinski definition) is 3. The second-order valence-electron chi connectivity index (χ2n) is 7.81. The summed E-state index contributed by atoms with van der Waals surface area (Å²) in [6.07, 6.45) is 5.33. The number of nitrogens with one attached hydrogen (secondary N) is 3. The molecule has 1 saturated heterocycles. The predicted molar refractivity (Wildman–Crippen MR) is 107 cm³/mol. The number of fused-ring (bicyclic) bond motifs is 1. The van der Waals surface area contributed by atoms with Gasteiger partial charge in [-0.1, -0.05) is 29.6 Å². The zero-order valence-electron chi connectivity index (χ0n) is 16.1. The van der Waals surface area contributed by atoms with Gasteiger partial charge in [-0.25, -0.2) is 4.98 Å². The van der Waals surface area contributed by atoms with Gasteiger partial charge >= 0.3 is 0 Å². The third-order valence-electron chi connectivity index (χ3n) is 5.73. The highest BCUT2D eigenvalue weighted by molar-refractivity contribution is 5.95. The summed E-state index contributed by atoms with van der Waals surface area (Å²) in [7, 11) is 0. The first kappa shape index (κ1) is 17.5. The van der Waals surface area contributed by atoms with Crippen molar-refractivity contribution in [2.75, 3.05) is 23.3 Å². The van der Waals surface area contributed by atoms with Crippen molar-refractivity contribution >= 4 is 28.4 Å². The molecule has 4 rings (SSSR count). The van der Waals surface area contributed by atoms with Crippen LogP contribution < -0.4 is 15.2 Å². The normalized spacial score (nSPS) is 16.5. The van der Waals surface area contributed by atoms with Crippen molar-refractivity contribution in [3.05, 3.63) is 47.9 Å². The number of rotatable bonds is 3. The Kier molecular flexibility index (Phi) is 4.34. The van der Waals surface area contributed by atoms with Crippen molar-refractivity contribution in [1.29, 1.82) is 0 Å². The number of H-pyrrole nitrogens is 2. The Balaban J connectivity index is 1.48. The Morgan fingerprint density at radius 3 is 2.63 bits per heavy atom. The fourth-order valence-corrected chi connectivity index (χ4v) is 3.76. The number of carbonyl (C=O) groups excluding carboxylic acids is 1. The van der Waals surface area contributed by atoms with Crippen LogP contribution in [-0.2, 0) is 4.79 Å². The molecule has 0 spiro atoms. The van der Waals surface area contributed by atoms with Gasteiger partial charge in [-0.15, -0.1) is 0 Å². The van der Waals surface area contributed by atoms with Crippen molar-refractivity contribution in [2.24, 2.45) is 5.41 Å². The van der Waals surface area contributed by atoms with E-state index in [0.29, 0.717) is 0 Å². The highest BCUT2D eigenvalue weighted by Gasteiger charge is 2.39. The first-order chi connectivity index (χ1) is 13.0. The summed E-state index contributed by atoms with van der Waals surface area (Å²) in [6, 6.07) is 7.96. The van der Waals surface area contributed by atoms with Crippen LogP contribution in [0.2, 0.25) is 0 Å². The molecule has 6 nitrogen and oxygen atoms in total. The summed E-state index contributed by atoms with van der Waals surface area (Å²) < 4.78 is 0. The van der Waals surface area contributed by atoms with E-state index in [9.17, 15) is 4.79 Å². The summed E-state index contributed by atoms with van der Waals surface area (Å²) in [5.74, 6) is 1.19.